The highest BCUT2D eigenvalue weighted by molar-refractivity contribution is 7.22. The van der Waals surface area contributed by atoms with Crippen molar-refractivity contribution < 1.29 is 0 Å². The minimum atomic E-state index is 0.359. The van der Waals surface area contributed by atoms with E-state index in [2.05, 4.69) is 64.6 Å². The first kappa shape index (κ1) is 16.9. The van der Waals surface area contributed by atoms with Crippen molar-refractivity contribution >= 4 is 33.0 Å². The summed E-state index contributed by atoms with van der Waals surface area (Å²) in [4.78, 5) is 2.39. The minimum absolute atomic E-state index is 0.359. The van der Waals surface area contributed by atoms with Crippen LogP contribution < -0.4 is 0 Å². The summed E-state index contributed by atoms with van der Waals surface area (Å²) in [5.41, 5.74) is 6.15. The number of aromatic nitrogens is 2. The van der Waals surface area contributed by atoms with Crippen LogP contribution in [0.5, 0.6) is 0 Å². The summed E-state index contributed by atoms with van der Waals surface area (Å²) in [5.74, 6) is 0.359. The van der Waals surface area contributed by atoms with E-state index in [0.29, 0.717) is 5.92 Å². The van der Waals surface area contributed by atoms with Crippen LogP contribution in [0.2, 0.25) is 4.34 Å². The molecule has 0 saturated carbocycles. The molecule has 0 spiro atoms. The molecule has 1 atom stereocenters. The monoisotopic (exact) mass is 391 g/mol. The molecule has 0 N–H and O–H groups in total. The Morgan fingerprint density at radius 1 is 1.11 bits per heavy atom. The van der Waals surface area contributed by atoms with Crippen LogP contribution in [0.1, 0.15) is 22.6 Å². The van der Waals surface area contributed by atoms with Gasteiger partial charge in [0.2, 0.25) is 0 Å². The van der Waals surface area contributed by atoms with Gasteiger partial charge in [-0.3, -0.25) is 0 Å². The fourth-order valence-corrected chi connectivity index (χ4v) is 5.13. The van der Waals surface area contributed by atoms with E-state index >= 15 is 0 Å². The fraction of sp³-hybridized carbons (Fsp3) is 0.182. The number of hydrogen-bond donors (Lipinski definition) is 0. The van der Waals surface area contributed by atoms with E-state index < -0.39 is 0 Å². The van der Waals surface area contributed by atoms with E-state index in [1.54, 1.807) is 17.5 Å². The second kappa shape index (κ2) is 6.71. The Bertz CT molecular complexity index is 1120. The third-order valence-corrected chi connectivity index (χ3v) is 6.48. The van der Waals surface area contributed by atoms with Gasteiger partial charge in [0.05, 0.1) is 10.0 Å². The van der Waals surface area contributed by atoms with Gasteiger partial charge in [0, 0.05) is 35.5 Å². The van der Waals surface area contributed by atoms with Gasteiger partial charge in [-0.25, -0.2) is 0 Å². The van der Waals surface area contributed by atoms with Gasteiger partial charge in [0.1, 0.15) is 0 Å². The van der Waals surface area contributed by atoms with E-state index in [1.165, 1.54) is 26.8 Å². The number of halogens is 1. The molecule has 1 aliphatic rings. The number of thiophene rings is 1. The first-order valence-corrected chi connectivity index (χ1v) is 10.2. The van der Waals surface area contributed by atoms with Gasteiger partial charge in [-0.1, -0.05) is 29.8 Å². The van der Waals surface area contributed by atoms with Crippen LogP contribution in [0.4, 0.5) is 0 Å². The van der Waals surface area contributed by atoms with Crippen molar-refractivity contribution in [2.75, 3.05) is 13.6 Å². The molecular formula is C22H18ClN3S. The first-order chi connectivity index (χ1) is 13.2. The van der Waals surface area contributed by atoms with E-state index in [1.807, 2.05) is 12.1 Å². The molecule has 0 aliphatic carbocycles. The second-order valence-corrected chi connectivity index (χ2v) is 8.83. The lowest BCUT2D eigenvalue weighted by Gasteiger charge is -2.33. The summed E-state index contributed by atoms with van der Waals surface area (Å²) in [6.07, 6.45) is 1.71. The normalized spacial score (nSPS) is 17.2. The average molecular weight is 392 g/mol. The highest BCUT2D eigenvalue weighted by Gasteiger charge is 2.25. The lowest BCUT2D eigenvalue weighted by molar-refractivity contribution is 0.295. The zero-order valence-electron chi connectivity index (χ0n) is 14.9. The Morgan fingerprint density at radius 2 is 2.04 bits per heavy atom. The molecule has 0 amide bonds. The number of rotatable bonds is 2. The van der Waals surface area contributed by atoms with Gasteiger partial charge < -0.3 is 4.90 Å². The summed E-state index contributed by atoms with van der Waals surface area (Å²) in [7, 11) is 2.19. The number of benzene rings is 2. The molecular weight excluding hydrogens is 374 g/mol. The van der Waals surface area contributed by atoms with Crippen molar-refractivity contribution in [2.24, 2.45) is 0 Å². The van der Waals surface area contributed by atoms with Crippen LogP contribution in [0.15, 0.2) is 60.8 Å². The maximum atomic E-state index is 6.20. The molecule has 27 heavy (non-hydrogen) atoms. The van der Waals surface area contributed by atoms with Crippen molar-refractivity contribution in [3.8, 4) is 11.3 Å². The first-order valence-electron chi connectivity index (χ1n) is 8.96. The van der Waals surface area contributed by atoms with Gasteiger partial charge in [-0.2, -0.15) is 10.2 Å². The van der Waals surface area contributed by atoms with Crippen molar-refractivity contribution in [1.29, 1.82) is 0 Å². The molecule has 0 saturated heterocycles. The number of hydrogen-bond acceptors (Lipinski definition) is 4. The summed E-state index contributed by atoms with van der Waals surface area (Å²) in [6, 6.07) is 19.4. The summed E-state index contributed by atoms with van der Waals surface area (Å²) < 4.78 is 2.09. The van der Waals surface area contributed by atoms with Crippen LogP contribution in [-0.4, -0.2) is 28.7 Å². The molecule has 4 aromatic rings. The van der Waals surface area contributed by atoms with Crippen molar-refractivity contribution in [3.63, 3.8) is 0 Å². The molecule has 0 bridgehead atoms. The Hall–Kier alpha value is -2.27. The van der Waals surface area contributed by atoms with Gasteiger partial charge in [-0.05, 0) is 65.5 Å². The fourth-order valence-electron chi connectivity index (χ4n) is 3.99. The molecule has 134 valence electrons. The predicted octanol–water partition coefficient (Wildman–Crippen LogP) is 5.59. The van der Waals surface area contributed by atoms with Crippen LogP contribution in [0.25, 0.3) is 21.3 Å². The maximum Gasteiger partial charge on any atom is 0.0940 e. The molecule has 3 heterocycles. The quantitative estimate of drug-likeness (QED) is 0.446. The molecule has 2 aromatic heterocycles. The Balaban J connectivity index is 1.59. The Kier molecular flexibility index (Phi) is 4.20. The lowest BCUT2D eigenvalue weighted by atomic mass is 9.83. The average Bonchev–Trinajstić information content (AvgIpc) is 3.06. The third-order valence-electron chi connectivity index (χ3n) is 5.23. The highest BCUT2D eigenvalue weighted by Crippen LogP contribution is 2.37. The van der Waals surface area contributed by atoms with Crippen LogP contribution in [-0.2, 0) is 6.54 Å². The summed E-state index contributed by atoms with van der Waals surface area (Å²) in [5, 5.41) is 9.50. The Morgan fingerprint density at radius 3 is 2.89 bits per heavy atom. The molecule has 0 radical (unpaired) electrons. The largest absolute Gasteiger partial charge is 0.301 e. The van der Waals surface area contributed by atoms with Crippen LogP contribution >= 0.6 is 22.9 Å². The van der Waals surface area contributed by atoms with Crippen molar-refractivity contribution in [1.82, 2.24) is 15.1 Å². The van der Waals surface area contributed by atoms with Gasteiger partial charge in [-0.15, -0.1) is 11.3 Å². The Labute approximate surface area is 167 Å². The molecule has 5 heteroatoms. The predicted molar refractivity (Wildman–Crippen MR) is 112 cm³/mol. The zero-order chi connectivity index (χ0) is 18.4. The second-order valence-electron chi connectivity index (χ2n) is 7.12. The third kappa shape index (κ3) is 3.14. The van der Waals surface area contributed by atoms with Crippen LogP contribution in [0.3, 0.4) is 0 Å². The summed E-state index contributed by atoms with van der Waals surface area (Å²) >= 11 is 7.84. The van der Waals surface area contributed by atoms with Gasteiger partial charge >= 0.3 is 0 Å². The highest BCUT2D eigenvalue weighted by atomic mass is 35.5. The molecule has 5 rings (SSSR count). The maximum absolute atomic E-state index is 6.20. The van der Waals surface area contributed by atoms with E-state index in [-0.39, 0.29) is 0 Å². The SMILES string of the molecule is CN1Cc2cc(-c3cccnn3)ccc2C(c2ccc3sc(Cl)cc3c2)C1. The topological polar surface area (TPSA) is 29.0 Å². The van der Waals surface area contributed by atoms with Crippen molar-refractivity contribution in [3.05, 3.63) is 81.8 Å². The minimum Gasteiger partial charge on any atom is -0.301 e. The summed E-state index contributed by atoms with van der Waals surface area (Å²) in [6.45, 7) is 1.97. The molecule has 2 aromatic carbocycles. The zero-order valence-corrected chi connectivity index (χ0v) is 16.5. The molecule has 1 unspecified atom stereocenters. The number of nitrogens with zero attached hydrogens (tertiary/aromatic N) is 3. The standard InChI is InChI=1S/C22H18ClN3S/c1-26-12-17-10-15(20-3-2-8-24-25-20)4-6-18(17)19(13-26)14-5-7-21-16(9-14)11-22(23)27-21/h2-11,19H,12-13H2,1H3. The van der Waals surface area contributed by atoms with Gasteiger partial charge in [0.25, 0.3) is 0 Å². The van der Waals surface area contributed by atoms with E-state index in [9.17, 15) is 0 Å². The molecule has 1 aliphatic heterocycles. The van der Waals surface area contributed by atoms with Crippen molar-refractivity contribution in [2.45, 2.75) is 12.5 Å². The smallest absolute Gasteiger partial charge is 0.0940 e. The lowest BCUT2D eigenvalue weighted by Crippen LogP contribution is -2.31. The molecule has 3 nitrogen and oxygen atoms in total. The van der Waals surface area contributed by atoms with Crippen LogP contribution in [0, 0.1) is 0 Å². The van der Waals surface area contributed by atoms with E-state index in [4.69, 9.17) is 11.6 Å². The van der Waals surface area contributed by atoms with E-state index in [0.717, 1.165) is 28.7 Å². The molecule has 0 fully saturated rings. The van der Waals surface area contributed by atoms with Gasteiger partial charge in [0.15, 0.2) is 0 Å². The number of likely N-dealkylation sites (N-methyl/N-ethyl adjacent to an activating group) is 1. The number of fused-ring (bicyclic) bond motifs is 2.